The molecule has 0 spiro atoms. The molecule has 0 aliphatic heterocycles. The second kappa shape index (κ2) is 11.2. The van der Waals surface area contributed by atoms with Crippen LogP contribution in [-0.4, -0.2) is 31.6 Å². The Morgan fingerprint density at radius 3 is 2.24 bits per heavy atom. The van der Waals surface area contributed by atoms with Crippen LogP contribution in [-0.2, 0) is 6.54 Å². The Morgan fingerprint density at radius 1 is 0.789 bits per heavy atom. The van der Waals surface area contributed by atoms with E-state index in [-0.39, 0.29) is 28.6 Å². The number of nitrogens with one attached hydrogen (secondary N) is 2. The van der Waals surface area contributed by atoms with Crippen LogP contribution in [0, 0.1) is 0 Å². The summed E-state index contributed by atoms with van der Waals surface area (Å²) >= 11 is 12.8. The Kier molecular flexibility index (Phi) is 7.44. The van der Waals surface area contributed by atoms with Crippen LogP contribution in [0.1, 0.15) is 26.5 Å². The third kappa shape index (κ3) is 5.56. The number of hydrogen-bond acceptors (Lipinski definition) is 5. The molecule has 0 saturated carbocycles. The van der Waals surface area contributed by atoms with Crippen molar-refractivity contribution in [3.8, 4) is 16.9 Å². The number of benzene rings is 2. The van der Waals surface area contributed by atoms with Crippen molar-refractivity contribution in [2.24, 2.45) is 0 Å². The second-order valence-corrected chi connectivity index (χ2v) is 8.96. The Balaban J connectivity index is 1.45. The summed E-state index contributed by atoms with van der Waals surface area (Å²) in [4.78, 5) is 34.8. The van der Waals surface area contributed by atoms with Crippen LogP contribution in [0.25, 0.3) is 16.9 Å². The Morgan fingerprint density at radius 2 is 1.53 bits per heavy atom. The van der Waals surface area contributed by atoms with Gasteiger partial charge in [-0.1, -0.05) is 53.5 Å². The lowest BCUT2D eigenvalue weighted by Crippen LogP contribution is -2.23. The van der Waals surface area contributed by atoms with Gasteiger partial charge < -0.3 is 10.6 Å². The van der Waals surface area contributed by atoms with Crippen LogP contribution in [0.15, 0.2) is 97.3 Å². The first kappa shape index (κ1) is 25.1. The Bertz CT molecular complexity index is 1590. The van der Waals surface area contributed by atoms with Crippen molar-refractivity contribution in [3.05, 3.63) is 124 Å². The molecular formula is C28H20Cl2N6O2. The number of anilines is 1. The third-order valence-electron chi connectivity index (χ3n) is 5.58. The van der Waals surface area contributed by atoms with Gasteiger partial charge in [-0.2, -0.15) is 5.10 Å². The summed E-state index contributed by atoms with van der Waals surface area (Å²) in [6.45, 7) is 0.232. The summed E-state index contributed by atoms with van der Waals surface area (Å²) in [7, 11) is 0. The van der Waals surface area contributed by atoms with Gasteiger partial charge in [-0.15, -0.1) is 0 Å². The number of amides is 2. The van der Waals surface area contributed by atoms with E-state index < -0.39 is 11.8 Å². The minimum atomic E-state index is -0.499. The molecule has 0 saturated heterocycles. The first-order valence-electron chi connectivity index (χ1n) is 11.5. The zero-order valence-corrected chi connectivity index (χ0v) is 21.3. The topological polar surface area (TPSA) is 102 Å². The van der Waals surface area contributed by atoms with Gasteiger partial charge in [0.1, 0.15) is 5.82 Å². The van der Waals surface area contributed by atoms with E-state index in [0.717, 1.165) is 0 Å². The molecule has 0 unspecified atom stereocenters. The van der Waals surface area contributed by atoms with Crippen molar-refractivity contribution in [1.82, 2.24) is 25.1 Å². The monoisotopic (exact) mass is 542 g/mol. The highest BCUT2D eigenvalue weighted by Gasteiger charge is 2.20. The van der Waals surface area contributed by atoms with Crippen LogP contribution < -0.4 is 10.6 Å². The molecule has 0 bridgehead atoms. The molecule has 2 aromatic carbocycles. The average molecular weight is 543 g/mol. The lowest BCUT2D eigenvalue weighted by molar-refractivity contribution is 0.0944. The van der Waals surface area contributed by atoms with Crippen LogP contribution >= 0.6 is 23.2 Å². The third-order valence-corrected chi connectivity index (χ3v) is 6.21. The highest BCUT2D eigenvalue weighted by atomic mass is 35.5. The largest absolute Gasteiger partial charge is 0.345 e. The normalized spacial score (nSPS) is 10.7. The first-order chi connectivity index (χ1) is 18.5. The van der Waals surface area contributed by atoms with E-state index >= 15 is 0 Å². The fourth-order valence-electron chi connectivity index (χ4n) is 3.74. The van der Waals surface area contributed by atoms with Crippen LogP contribution in [0.4, 0.5) is 5.82 Å². The van der Waals surface area contributed by atoms with E-state index in [2.05, 4.69) is 25.7 Å². The number of rotatable bonds is 7. The average Bonchev–Trinajstić information content (AvgIpc) is 3.37. The van der Waals surface area contributed by atoms with Crippen molar-refractivity contribution < 1.29 is 9.59 Å². The number of carbonyl (C=O) groups is 2. The summed E-state index contributed by atoms with van der Waals surface area (Å²) in [5, 5.41) is 10.6. The molecule has 188 valence electrons. The van der Waals surface area contributed by atoms with E-state index in [1.165, 1.54) is 16.8 Å². The molecule has 0 aliphatic carbocycles. The van der Waals surface area contributed by atoms with Gasteiger partial charge in [0.05, 0.1) is 39.2 Å². The van der Waals surface area contributed by atoms with E-state index in [1.54, 1.807) is 36.7 Å². The number of halogens is 2. The van der Waals surface area contributed by atoms with Gasteiger partial charge in [-0.3, -0.25) is 19.6 Å². The van der Waals surface area contributed by atoms with Crippen molar-refractivity contribution >= 4 is 40.8 Å². The maximum Gasteiger partial charge on any atom is 0.272 e. The van der Waals surface area contributed by atoms with Crippen molar-refractivity contribution in [2.45, 2.75) is 6.54 Å². The summed E-state index contributed by atoms with van der Waals surface area (Å²) < 4.78 is 1.48. The Hall–Kier alpha value is -4.53. The molecule has 0 atom stereocenters. The fourth-order valence-corrected chi connectivity index (χ4v) is 4.30. The zero-order valence-electron chi connectivity index (χ0n) is 19.8. The van der Waals surface area contributed by atoms with Crippen molar-refractivity contribution in [1.29, 1.82) is 0 Å². The molecule has 5 aromatic rings. The maximum atomic E-state index is 13.4. The predicted octanol–water partition coefficient (Wildman–Crippen LogP) is 5.82. The molecule has 0 fully saturated rings. The SMILES string of the molecule is O=C(NCc1ccccn1)c1cc(NC(=O)c2cc(-c3ccccn3)c(Cl)cc2Cl)n(-c2ccccc2)n1. The lowest BCUT2D eigenvalue weighted by Gasteiger charge is -2.12. The minimum Gasteiger partial charge on any atom is -0.345 e. The van der Waals surface area contributed by atoms with Gasteiger partial charge >= 0.3 is 0 Å². The van der Waals surface area contributed by atoms with Gasteiger partial charge in [0.15, 0.2) is 5.69 Å². The number of carbonyl (C=O) groups excluding carboxylic acids is 2. The van der Waals surface area contributed by atoms with Crippen LogP contribution in [0.3, 0.4) is 0 Å². The summed E-state index contributed by atoms with van der Waals surface area (Å²) in [6.07, 6.45) is 3.29. The molecule has 0 radical (unpaired) electrons. The molecular weight excluding hydrogens is 523 g/mol. The lowest BCUT2D eigenvalue weighted by atomic mass is 10.1. The van der Waals surface area contributed by atoms with Gasteiger partial charge in [-0.25, -0.2) is 4.68 Å². The molecule has 5 rings (SSSR count). The highest BCUT2D eigenvalue weighted by molar-refractivity contribution is 6.38. The summed E-state index contributed by atoms with van der Waals surface area (Å²) in [6, 6.07) is 24.6. The van der Waals surface area contributed by atoms with E-state index in [4.69, 9.17) is 23.2 Å². The molecule has 8 nitrogen and oxygen atoms in total. The standard InChI is InChI=1S/C28H20Cl2N6O2/c29-22-15-23(30)21(14-20(22)24-11-5-7-13-32-24)27(37)34-26-16-25(35-36(26)19-9-2-1-3-10-19)28(38)33-17-18-8-4-6-12-31-18/h1-16H,17H2,(H,33,38)(H,34,37). The smallest absolute Gasteiger partial charge is 0.272 e. The predicted molar refractivity (Wildman–Crippen MR) is 147 cm³/mol. The number of nitrogens with zero attached hydrogens (tertiary/aromatic N) is 4. The Labute approximate surface area is 228 Å². The van der Waals surface area contributed by atoms with E-state index in [9.17, 15) is 9.59 Å². The zero-order chi connectivity index (χ0) is 26.5. The van der Waals surface area contributed by atoms with E-state index in [1.807, 2.05) is 48.5 Å². The van der Waals surface area contributed by atoms with Crippen LogP contribution in [0.5, 0.6) is 0 Å². The highest BCUT2D eigenvalue weighted by Crippen LogP contribution is 2.32. The van der Waals surface area contributed by atoms with Crippen molar-refractivity contribution in [2.75, 3.05) is 5.32 Å². The molecule has 38 heavy (non-hydrogen) atoms. The molecule has 3 aromatic heterocycles. The number of hydrogen-bond donors (Lipinski definition) is 2. The quantitative estimate of drug-likeness (QED) is 0.270. The maximum absolute atomic E-state index is 13.4. The summed E-state index contributed by atoms with van der Waals surface area (Å²) in [5.74, 6) is -0.626. The minimum absolute atomic E-state index is 0.122. The van der Waals surface area contributed by atoms with Gasteiger partial charge in [0, 0.05) is 24.0 Å². The molecule has 2 amide bonds. The first-order valence-corrected chi connectivity index (χ1v) is 12.3. The van der Waals surface area contributed by atoms with Crippen LogP contribution in [0.2, 0.25) is 10.0 Å². The summed E-state index contributed by atoms with van der Waals surface area (Å²) in [5.41, 5.74) is 2.84. The number of aromatic nitrogens is 4. The van der Waals surface area contributed by atoms with Gasteiger partial charge in [0.25, 0.3) is 11.8 Å². The molecule has 3 heterocycles. The van der Waals surface area contributed by atoms with Crippen molar-refractivity contribution in [3.63, 3.8) is 0 Å². The molecule has 2 N–H and O–H groups in total. The van der Waals surface area contributed by atoms with Gasteiger partial charge in [0.2, 0.25) is 0 Å². The second-order valence-electron chi connectivity index (χ2n) is 8.15. The van der Waals surface area contributed by atoms with Gasteiger partial charge in [-0.05, 0) is 48.5 Å². The molecule has 0 aliphatic rings. The molecule has 10 heteroatoms. The number of pyridine rings is 2. The van der Waals surface area contributed by atoms with E-state index in [0.29, 0.717) is 27.7 Å². The number of para-hydroxylation sites is 1. The fraction of sp³-hybridized carbons (Fsp3) is 0.0357.